The highest BCUT2D eigenvalue weighted by Crippen LogP contribution is 2.32. The first kappa shape index (κ1) is 17.3. The molecule has 1 atom stereocenters. The summed E-state index contributed by atoms with van der Waals surface area (Å²) < 4.78 is 1.86. The number of hydrogen-bond acceptors (Lipinski definition) is 3. The van der Waals surface area contributed by atoms with Crippen LogP contribution in [0.25, 0.3) is 0 Å². The molecule has 26 heavy (non-hydrogen) atoms. The summed E-state index contributed by atoms with van der Waals surface area (Å²) in [6.45, 7) is 2.03. The summed E-state index contributed by atoms with van der Waals surface area (Å²) in [6.07, 6.45) is 7.18. The molecule has 1 aliphatic heterocycles. The first-order valence-electron chi connectivity index (χ1n) is 9.10. The van der Waals surface area contributed by atoms with Gasteiger partial charge in [0, 0.05) is 42.5 Å². The number of hydrogen-bond donors (Lipinski definition) is 0. The molecule has 4 rings (SSSR count). The molecule has 3 heterocycles. The van der Waals surface area contributed by atoms with E-state index in [1.807, 2.05) is 36.1 Å². The van der Waals surface area contributed by atoms with Crippen LogP contribution in [0.2, 0.25) is 5.02 Å². The summed E-state index contributed by atoms with van der Waals surface area (Å²) >= 11 is 6.31. The molecule has 0 radical (unpaired) electrons. The second-order valence-corrected chi connectivity index (χ2v) is 7.38. The molecule has 0 saturated carbocycles. The number of aryl methyl sites for hydroxylation is 1. The van der Waals surface area contributed by atoms with Crippen molar-refractivity contribution in [2.75, 3.05) is 6.54 Å². The predicted octanol–water partition coefficient (Wildman–Crippen LogP) is 4.40. The first-order valence-corrected chi connectivity index (χ1v) is 9.47. The van der Waals surface area contributed by atoms with Crippen LogP contribution in [-0.2, 0) is 20.0 Å². The maximum absolute atomic E-state index is 6.31. The molecule has 134 valence electrons. The lowest BCUT2D eigenvalue weighted by Gasteiger charge is -2.23. The van der Waals surface area contributed by atoms with Gasteiger partial charge in [0.2, 0.25) is 0 Å². The van der Waals surface area contributed by atoms with E-state index in [9.17, 15) is 0 Å². The molecular weight excluding hydrogens is 344 g/mol. The quantitative estimate of drug-likeness (QED) is 0.671. The molecule has 3 aromatic rings. The van der Waals surface area contributed by atoms with Crippen molar-refractivity contribution in [1.29, 1.82) is 0 Å². The monoisotopic (exact) mass is 366 g/mol. The number of benzene rings is 1. The molecule has 0 unspecified atom stereocenters. The fourth-order valence-corrected chi connectivity index (χ4v) is 3.96. The second kappa shape index (κ2) is 7.60. The van der Waals surface area contributed by atoms with E-state index >= 15 is 0 Å². The number of likely N-dealkylation sites (tertiary alicyclic amines) is 1. The topological polar surface area (TPSA) is 34.0 Å². The summed E-state index contributed by atoms with van der Waals surface area (Å²) in [5.41, 5.74) is 4.61. The molecule has 5 heteroatoms. The maximum Gasteiger partial charge on any atom is 0.0578 e. The van der Waals surface area contributed by atoms with Crippen LogP contribution in [0.15, 0.2) is 54.9 Å². The van der Waals surface area contributed by atoms with Gasteiger partial charge in [0.05, 0.1) is 17.9 Å². The first-order chi connectivity index (χ1) is 12.7. The summed E-state index contributed by atoms with van der Waals surface area (Å²) in [4.78, 5) is 7.48. The summed E-state index contributed by atoms with van der Waals surface area (Å²) in [5.74, 6) is 0. The van der Waals surface area contributed by atoms with Gasteiger partial charge >= 0.3 is 0 Å². The Morgan fingerprint density at radius 1 is 1.15 bits per heavy atom. The lowest BCUT2D eigenvalue weighted by Crippen LogP contribution is -2.23. The molecule has 1 fully saturated rings. The Bertz CT molecular complexity index is 889. The molecule has 1 saturated heterocycles. The minimum Gasteiger partial charge on any atom is -0.290 e. The lowest BCUT2D eigenvalue weighted by molar-refractivity contribution is 0.244. The number of halogens is 1. The van der Waals surface area contributed by atoms with Crippen LogP contribution >= 0.6 is 11.6 Å². The van der Waals surface area contributed by atoms with Gasteiger partial charge in [0.15, 0.2) is 0 Å². The number of aromatic nitrogens is 3. The van der Waals surface area contributed by atoms with E-state index < -0.39 is 0 Å². The Labute approximate surface area is 159 Å². The fourth-order valence-electron chi connectivity index (χ4n) is 3.76. The molecule has 2 aromatic heterocycles. The Morgan fingerprint density at radius 3 is 2.85 bits per heavy atom. The van der Waals surface area contributed by atoms with Crippen molar-refractivity contribution in [2.24, 2.45) is 7.05 Å². The Kier molecular flexibility index (Phi) is 5.05. The summed E-state index contributed by atoms with van der Waals surface area (Å²) in [7, 11) is 1.96. The van der Waals surface area contributed by atoms with Crippen LogP contribution < -0.4 is 0 Å². The summed E-state index contributed by atoms with van der Waals surface area (Å²) in [5, 5.41) is 5.09. The predicted molar refractivity (Wildman–Crippen MR) is 104 cm³/mol. The highest BCUT2D eigenvalue weighted by Gasteiger charge is 2.27. The smallest absolute Gasteiger partial charge is 0.0578 e. The van der Waals surface area contributed by atoms with Gasteiger partial charge in [-0.05, 0) is 43.1 Å². The van der Waals surface area contributed by atoms with E-state index in [0.29, 0.717) is 6.04 Å². The average molecular weight is 367 g/mol. The molecule has 0 amide bonds. The van der Waals surface area contributed by atoms with Crippen molar-refractivity contribution in [3.05, 3.63) is 82.4 Å². The van der Waals surface area contributed by atoms with Gasteiger partial charge in [0.25, 0.3) is 0 Å². The largest absolute Gasteiger partial charge is 0.290 e. The van der Waals surface area contributed by atoms with Crippen LogP contribution in [0.4, 0.5) is 0 Å². The van der Waals surface area contributed by atoms with Gasteiger partial charge in [-0.1, -0.05) is 35.9 Å². The Hall–Kier alpha value is -2.17. The van der Waals surface area contributed by atoms with Crippen molar-refractivity contribution in [1.82, 2.24) is 19.7 Å². The van der Waals surface area contributed by atoms with Gasteiger partial charge in [0.1, 0.15) is 0 Å². The van der Waals surface area contributed by atoms with Crippen molar-refractivity contribution in [3.63, 3.8) is 0 Å². The zero-order valence-corrected chi connectivity index (χ0v) is 15.7. The third-order valence-corrected chi connectivity index (χ3v) is 5.38. The third-order valence-electron chi connectivity index (χ3n) is 5.01. The number of pyridine rings is 1. The third kappa shape index (κ3) is 3.81. The molecule has 0 bridgehead atoms. The van der Waals surface area contributed by atoms with E-state index in [1.165, 1.54) is 12.0 Å². The van der Waals surface area contributed by atoms with Gasteiger partial charge in [-0.2, -0.15) is 5.10 Å². The normalized spacial score (nSPS) is 17.7. The van der Waals surface area contributed by atoms with E-state index in [1.54, 1.807) is 0 Å². The second-order valence-electron chi connectivity index (χ2n) is 6.97. The molecule has 0 aliphatic carbocycles. The molecular formula is C21H23ClN4. The zero-order chi connectivity index (χ0) is 17.9. The highest BCUT2D eigenvalue weighted by atomic mass is 35.5. The molecule has 4 nitrogen and oxygen atoms in total. The molecule has 1 aliphatic rings. The maximum atomic E-state index is 6.31. The van der Waals surface area contributed by atoms with Crippen molar-refractivity contribution in [3.8, 4) is 0 Å². The van der Waals surface area contributed by atoms with Gasteiger partial charge < -0.3 is 0 Å². The molecule has 1 aromatic carbocycles. The van der Waals surface area contributed by atoms with Crippen LogP contribution in [-0.4, -0.2) is 26.2 Å². The standard InChI is InChI=1S/C21H23ClN4/c1-25-14-16(13-23-25)15-26-11-5-10-21(26)20-9-4-7-18(24-20)12-17-6-2-3-8-19(17)22/h2-4,6-9,13-14,21H,5,10-12,15H2,1H3/t21-/m1/s1. The van der Waals surface area contributed by atoms with Crippen molar-refractivity contribution < 1.29 is 0 Å². The Balaban J connectivity index is 1.52. The van der Waals surface area contributed by atoms with E-state index in [4.69, 9.17) is 16.6 Å². The van der Waals surface area contributed by atoms with Crippen LogP contribution in [0.3, 0.4) is 0 Å². The van der Waals surface area contributed by atoms with E-state index in [2.05, 4.69) is 40.5 Å². The lowest BCUT2D eigenvalue weighted by atomic mass is 10.1. The SMILES string of the molecule is Cn1cc(CN2CCC[C@@H]2c2cccc(Cc3ccccc3Cl)n2)cn1. The van der Waals surface area contributed by atoms with Crippen LogP contribution in [0.1, 0.15) is 41.4 Å². The van der Waals surface area contributed by atoms with Crippen molar-refractivity contribution >= 4 is 11.6 Å². The number of rotatable bonds is 5. The molecule has 0 N–H and O–H groups in total. The minimum atomic E-state index is 0.376. The van der Waals surface area contributed by atoms with Crippen LogP contribution in [0.5, 0.6) is 0 Å². The van der Waals surface area contributed by atoms with Gasteiger partial charge in [-0.15, -0.1) is 0 Å². The van der Waals surface area contributed by atoms with Gasteiger partial charge in [-0.3, -0.25) is 14.6 Å². The minimum absolute atomic E-state index is 0.376. The number of nitrogens with zero attached hydrogens (tertiary/aromatic N) is 4. The zero-order valence-electron chi connectivity index (χ0n) is 15.0. The fraction of sp³-hybridized carbons (Fsp3) is 0.333. The van der Waals surface area contributed by atoms with E-state index in [0.717, 1.165) is 47.9 Å². The average Bonchev–Trinajstić information content (AvgIpc) is 3.26. The van der Waals surface area contributed by atoms with Crippen LogP contribution in [0, 0.1) is 0 Å². The van der Waals surface area contributed by atoms with Gasteiger partial charge in [-0.25, -0.2) is 0 Å². The van der Waals surface area contributed by atoms with Crippen molar-refractivity contribution in [2.45, 2.75) is 31.8 Å². The summed E-state index contributed by atoms with van der Waals surface area (Å²) in [6, 6.07) is 14.7. The Morgan fingerprint density at radius 2 is 2.04 bits per heavy atom. The highest BCUT2D eigenvalue weighted by molar-refractivity contribution is 6.31. The van der Waals surface area contributed by atoms with E-state index in [-0.39, 0.29) is 0 Å². The molecule has 0 spiro atoms.